The zero-order chi connectivity index (χ0) is 18.6. The van der Waals surface area contributed by atoms with Gasteiger partial charge in [0.1, 0.15) is 12.7 Å². The molecule has 3 rings (SSSR count). The topological polar surface area (TPSA) is 106 Å². The first-order valence-electron chi connectivity index (χ1n) is 8.17. The lowest BCUT2D eigenvalue weighted by Gasteiger charge is -2.33. The number of rotatable bonds is 6. The van der Waals surface area contributed by atoms with Crippen molar-refractivity contribution in [2.45, 2.75) is 17.5 Å². The van der Waals surface area contributed by atoms with Gasteiger partial charge in [0.05, 0.1) is 30.7 Å². The number of carbonyl (C=O) groups excluding carboxylic acids is 1. The molecule has 9 nitrogen and oxygen atoms in total. The van der Waals surface area contributed by atoms with Crippen LogP contribution in [0.15, 0.2) is 41.8 Å². The lowest BCUT2D eigenvalue weighted by Crippen LogP contribution is -2.48. The van der Waals surface area contributed by atoms with Crippen molar-refractivity contribution in [1.29, 1.82) is 0 Å². The van der Waals surface area contributed by atoms with Crippen LogP contribution >= 0.6 is 0 Å². The van der Waals surface area contributed by atoms with E-state index in [4.69, 9.17) is 4.74 Å². The van der Waals surface area contributed by atoms with E-state index in [2.05, 4.69) is 15.4 Å². The minimum atomic E-state index is -3.22. The van der Waals surface area contributed by atoms with Gasteiger partial charge in [-0.3, -0.25) is 9.48 Å². The summed E-state index contributed by atoms with van der Waals surface area (Å²) in [6.45, 7) is 2.20. The average Bonchev–Trinajstić information content (AvgIpc) is 3.12. The molecule has 1 aromatic carbocycles. The minimum absolute atomic E-state index is 0.0379. The van der Waals surface area contributed by atoms with Gasteiger partial charge in [-0.1, -0.05) is 0 Å². The molecule has 26 heavy (non-hydrogen) atoms. The molecule has 1 N–H and O–H groups in total. The smallest absolute Gasteiger partial charge is 0.242 e. The zero-order valence-electron chi connectivity index (χ0n) is 14.4. The molecular formula is C16H21N5O4S. The fourth-order valence-electron chi connectivity index (χ4n) is 2.70. The summed E-state index contributed by atoms with van der Waals surface area (Å²) in [5.41, 5.74) is 0.693. The summed E-state index contributed by atoms with van der Waals surface area (Å²) in [7, 11) is -3.22. The van der Waals surface area contributed by atoms with Gasteiger partial charge in [-0.2, -0.15) is 5.10 Å². The van der Waals surface area contributed by atoms with Crippen LogP contribution in [0.25, 0.3) is 0 Å². The van der Waals surface area contributed by atoms with E-state index in [1.54, 1.807) is 28.0 Å². The number of carbonyl (C=O) groups is 1. The summed E-state index contributed by atoms with van der Waals surface area (Å²) in [6, 6.07) is 6.34. The predicted molar refractivity (Wildman–Crippen MR) is 94.4 cm³/mol. The molecule has 1 aliphatic heterocycles. The Kier molecular flexibility index (Phi) is 5.52. The van der Waals surface area contributed by atoms with Gasteiger partial charge in [0.2, 0.25) is 5.91 Å². The molecule has 1 unspecified atom stereocenters. The highest BCUT2D eigenvalue weighted by molar-refractivity contribution is 7.90. The third-order valence-corrected chi connectivity index (χ3v) is 5.20. The second-order valence-electron chi connectivity index (χ2n) is 6.10. The summed E-state index contributed by atoms with van der Waals surface area (Å²) in [5.74, 6) is -0.0379. The third kappa shape index (κ3) is 4.79. The number of ether oxygens (including phenoxy) is 1. The van der Waals surface area contributed by atoms with E-state index in [1.807, 2.05) is 0 Å². The SMILES string of the molecule is CS(=O)(=O)c1ccc(NCC(=O)N2CCOC(Cn3cncn3)C2)cc1. The maximum Gasteiger partial charge on any atom is 0.242 e. The molecule has 1 aliphatic rings. The van der Waals surface area contributed by atoms with Crippen molar-refractivity contribution in [3.8, 4) is 0 Å². The van der Waals surface area contributed by atoms with E-state index in [0.29, 0.717) is 31.9 Å². The summed E-state index contributed by atoms with van der Waals surface area (Å²) in [5, 5.41) is 7.07. The molecule has 0 radical (unpaired) electrons. The number of benzene rings is 1. The molecule has 1 aromatic heterocycles. The first-order valence-corrected chi connectivity index (χ1v) is 10.1. The standard InChI is InChI=1S/C16H21N5O4S/c1-26(23,24)15-4-2-13(3-5-15)18-8-16(22)20-6-7-25-14(9-20)10-21-12-17-11-19-21/h2-5,11-12,14,18H,6-10H2,1H3. The molecule has 0 aliphatic carbocycles. The Labute approximate surface area is 151 Å². The molecule has 1 amide bonds. The summed E-state index contributed by atoms with van der Waals surface area (Å²) < 4.78 is 30.3. The fourth-order valence-corrected chi connectivity index (χ4v) is 3.33. The molecule has 10 heteroatoms. The number of hydrogen-bond donors (Lipinski definition) is 1. The van der Waals surface area contributed by atoms with E-state index < -0.39 is 9.84 Å². The molecule has 2 aromatic rings. The number of hydrogen-bond acceptors (Lipinski definition) is 7. The molecule has 1 atom stereocenters. The molecular weight excluding hydrogens is 358 g/mol. The van der Waals surface area contributed by atoms with Crippen molar-refractivity contribution in [1.82, 2.24) is 19.7 Å². The lowest BCUT2D eigenvalue weighted by atomic mass is 10.2. The second kappa shape index (κ2) is 7.83. The average molecular weight is 379 g/mol. The molecule has 0 bridgehead atoms. The van der Waals surface area contributed by atoms with Gasteiger partial charge < -0.3 is 15.0 Å². The maximum absolute atomic E-state index is 12.4. The first kappa shape index (κ1) is 18.3. The number of amides is 1. The van der Waals surface area contributed by atoms with Crippen LogP contribution in [-0.2, 0) is 25.9 Å². The van der Waals surface area contributed by atoms with Gasteiger partial charge in [-0.15, -0.1) is 0 Å². The Hall–Kier alpha value is -2.46. The summed E-state index contributed by atoms with van der Waals surface area (Å²) in [6.07, 6.45) is 4.12. The third-order valence-electron chi connectivity index (χ3n) is 4.07. The van der Waals surface area contributed by atoms with Crippen LogP contribution in [0, 0.1) is 0 Å². The van der Waals surface area contributed by atoms with Crippen molar-refractivity contribution >= 4 is 21.4 Å². The number of nitrogens with one attached hydrogen (secondary N) is 1. The van der Waals surface area contributed by atoms with Gasteiger partial charge in [-0.05, 0) is 24.3 Å². The molecule has 1 fully saturated rings. The van der Waals surface area contributed by atoms with Crippen LogP contribution < -0.4 is 5.32 Å². The molecule has 0 spiro atoms. The van der Waals surface area contributed by atoms with Gasteiger partial charge in [0, 0.05) is 25.0 Å². The minimum Gasteiger partial charge on any atom is -0.376 e. The van der Waals surface area contributed by atoms with E-state index in [1.165, 1.54) is 18.5 Å². The Morgan fingerprint density at radius 2 is 2.12 bits per heavy atom. The van der Waals surface area contributed by atoms with Crippen molar-refractivity contribution in [2.24, 2.45) is 0 Å². The van der Waals surface area contributed by atoms with E-state index in [-0.39, 0.29) is 23.5 Å². The van der Waals surface area contributed by atoms with Crippen molar-refractivity contribution in [2.75, 3.05) is 37.8 Å². The fraction of sp³-hybridized carbons (Fsp3) is 0.438. The van der Waals surface area contributed by atoms with Crippen LogP contribution in [0.5, 0.6) is 0 Å². The first-order chi connectivity index (χ1) is 12.4. The van der Waals surface area contributed by atoms with E-state index in [0.717, 1.165) is 6.26 Å². The molecule has 0 saturated carbocycles. The molecule has 1 saturated heterocycles. The Morgan fingerprint density at radius 3 is 2.77 bits per heavy atom. The maximum atomic E-state index is 12.4. The van der Waals surface area contributed by atoms with Crippen LogP contribution in [0.3, 0.4) is 0 Å². The van der Waals surface area contributed by atoms with Crippen LogP contribution in [-0.4, -0.2) is 72.6 Å². The van der Waals surface area contributed by atoms with E-state index in [9.17, 15) is 13.2 Å². The van der Waals surface area contributed by atoms with Gasteiger partial charge in [0.25, 0.3) is 0 Å². The number of nitrogens with zero attached hydrogens (tertiary/aromatic N) is 4. The number of aromatic nitrogens is 3. The van der Waals surface area contributed by atoms with Crippen molar-refractivity contribution in [3.05, 3.63) is 36.9 Å². The highest BCUT2D eigenvalue weighted by Crippen LogP contribution is 2.14. The van der Waals surface area contributed by atoms with Crippen molar-refractivity contribution in [3.63, 3.8) is 0 Å². The monoisotopic (exact) mass is 379 g/mol. The van der Waals surface area contributed by atoms with Gasteiger partial charge in [0.15, 0.2) is 9.84 Å². The largest absolute Gasteiger partial charge is 0.376 e. The highest BCUT2D eigenvalue weighted by atomic mass is 32.2. The molecule has 140 valence electrons. The summed E-state index contributed by atoms with van der Waals surface area (Å²) in [4.78, 5) is 18.3. The Morgan fingerprint density at radius 1 is 1.35 bits per heavy atom. The quantitative estimate of drug-likeness (QED) is 0.754. The summed E-state index contributed by atoms with van der Waals surface area (Å²) >= 11 is 0. The number of sulfone groups is 1. The number of morpholine rings is 1. The lowest BCUT2D eigenvalue weighted by molar-refractivity contribution is -0.137. The van der Waals surface area contributed by atoms with Gasteiger partial charge >= 0.3 is 0 Å². The van der Waals surface area contributed by atoms with E-state index >= 15 is 0 Å². The zero-order valence-corrected chi connectivity index (χ0v) is 15.2. The van der Waals surface area contributed by atoms with Crippen LogP contribution in [0.2, 0.25) is 0 Å². The van der Waals surface area contributed by atoms with Gasteiger partial charge in [-0.25, -0.2) is 13.4 Å². The second-order valence-corrected chi connectivity index (χ2v) is 8.12. The Balaban J connectivity index is 1.51. The van der Waals surface area contributed by atoms with Crippen molar-refractivity contribution < 1.29 is 17.9 Å². The normalized spacial score (nSPS) is 17.9. The predicted octanol–water partition coefficient (Wildman–Crippen LogP) is 0.0211. The Bertz CT molecular complexity index is 836. The van der Waals surface area contributed by atoms with Crippen LogP contribution in [0.4, 0.5) is 5.69 Å². The van der Waals surface area contributed by atoms with Crippen LogP contribution in [0.1, 0.15) is 0 Å². The molecule has 2 heterocycles. The number of anilines is 1. The highest BCUT2D eigenvalue weighted by Gasteiger charge is 2.24.